The molecule has 102 valence electrons. The minimum absolute atomic E-state index is 0.00212. The molecule has 0 atom stereocenters. The number of halogens is 2. The van der Waals surface area contributed by atoms with Crippen molar-refractivity contribution in [2.24, 2.45) is 0 Å². The fraction of sp³-hybridized carbons (Fsp3) is 0.364. The maximum absolute atomic E-state index is 13.2. The van der Waals surface area contributed by atoms with E-state index in [1.54, 1.807) is 13.8 Å². The summed E-state index contributed by atoms with van der Waals surface area (Å²) in [5.41, 5.74) is 4.64. The number of alkyl halides is 1. The molecule has 0 aliphatic heterocycles. The molecular weight excluding hydrogens is 275 g/mol. The van der Waals surface area contributed by atoms with Crippen LogP contribution in [0.15, 0.2) is 6.33 Å². The van der Waals surface area contributed by atoms with Crippen LogP contribution in [0.25, 0.3) is 11.0 Å². The Hall–Kier alpha value is -1.89. The molecule has 8 heteroatoms. The molecule has 6 nitrogen and oxygen atoms in total. The number of nitrogens with zero attached hydrogens (tertiary/aromatic N) is 3. The number of hydrogen-bond donors (Lipinski definition) is 2. The molecule has 2 rings (SSSR count). The molecule has 2 heterocycles. The highest BCUT2D eigenvalue weighted by atomic mass is 35.5. The van der Waals surface area contributed by atoms with Crippen molar-refractivity contribution in [2.75, 3.05) is 12.4 Å². The molecule has 0 aliphatic rings. The first-order valence-electron chi connectivity index (χ1n) is 5.41. The average molecular weight is 287 g/mol. The molecule has 0 radical (unpaired) electrons. The third-order valence-electron chi connectivity index (χ3n) is 2.87. The lowest BCUT2D eigenvalue weighted by molar-refractivity contribution is 0.0698. The van der Waals surface area contributed by atoms with Crippen LogP contribution in [0.4, 0.5) is 10.2 Å². The Balaban J connectivity index is 2.98. The lowest BCUT2D eigenvalue weighted by Crippen LogP contribution is -2.29. The quantitative estimate of drug-likeness (QED) is 0.901. The van der Waals surface area contributed by atoms with Gasteiger partial charge in [0.15, 0.2) is 0 Å². The average Bonchev–Trinajstić information content (AvgIpc) is 2.63. The molecule has 0 spiro atoms. The summed E-state index contributed by atoms with van der Waals surface area (Å²) in [6.45, 7) is 2.43. The summed E-state index contributed by atoms with van der Waals surface area (Å²) in [5.74, 6) is -1.26. The first-order chi connectivity index (χ1) is 8.81. The molecule has 3 N–H and O–H groups in total. The van der Waals surface area contributed by atoms with Crippen molar-refractivity contribution in [2.45, 2.75) is 19.4 Å². The van der Waals surface area contributed by atoms with E-state index in [-0.39, 0.29) is 27.6 Å². The van der Waals surface area contributed by atoms with Gasteiger partial charge in [-0.2, -0.15) is 0 Å². The molecule has 0 fully saturated rings. The summed E-state index contributed by atoms with van der Waals surface area (Å²) in [6, 6.07) is 0. The van der Waals surface area contributed by atoms with Gasteiger partial charge in [-0.15, -0.1) is 0 Å². The molecule has 0 bridgehead atoms. The highest BCUT2D eigenvalue weighted by Crippen LogP contribution is 2.36. The maximum atomic E-state index is 13.2. The van der Waals surface area contributed by atoms with Gasteiger partial charge in [0.05, 0.1) is 10.9 Å². The van der Waals surface area contributed by atoms with Gasteiger partial charge in [-0.25, -0.2) is 19.2 Å². The molecule has 0 saturated heterocycles. The van der Waals surface area contributed by atoms with Crippen LogP contribution in [0.2, 0.25) is 5.15 Å². The van der Waals surface area contributed by atoms with Crippen LogP contribution in [0, 0.1) is 0 Å². The monoisotopic (exact) mass is 286 g/mol. The lowest BCUT2D eigenvalue weighted by Gasteiger charge is -2.24. The zero-order valence-corrected chi connectivity index (χ0v) is 11.1. The van der Waals surface area contributed by atoms with Gasteiger partial charge in [0.25, 0.3) is 0 Å². The maximum Gasteiger partial charge on any atom is 0.339 e. The van der Waals surface area contributed by atoms with Gasteiger partial charge in [0, 0.05) is 0 Å². The van der Waals surface area contributed by atoms with E-state index in [0.29, 0.717) is 0 Å². The fourth-order valence-corrected chi connectivity index (χ4v) is 2.40. The number of aromatic carboxylic acids is 1. The molecule has 2 aromatic rings. The number of aromatic nitrogens is 3. The summed E-state index contributed by atoms with van der Waals surface area (Å²) < 4.78 is 14.5. The highest BCUT2D eigenvalue weighted by molar-refractivity contribution is 6.35. The van der Waals surface area contributed by atoms with Gasteiger partial charge >= 0.3 is 5.97 Å². The standard InChI is InChI=1S/C11H12ClFN4O2/c1-11(2,3-13)17-7(12)5(10(18)19)6-8(14)15-4-16-9(6)17/h4H,3H2,1-2H3,(H,18,19)(H2,14,15,16). The fourth-order valence-electron chi connectivity index (χ4n) is 1.91. The molecule has 19 heavy (non-hydrogen) atoms. The number of hydrogen-bond acceptors (Lipinski definition) is 4. The summed E-state index contributed by atoms with van der Waals surface area (Å²) in [4.78, 5) is 19.0. The third-order valence-corrected chi connectivity index (χ3v) is 3.23. The topological polar surface area (TPSA) is 94.0 Å². The first kappa shape index (κ1) is 13.5. The van der Waals surface area contributed by atoms with Crippen LogP contribution in [0.3, 0.4) is 0 Å². The zero-order chi connectivity index (χ0) is 14.4. The second kappa shape index (κ2) is 4.34. The van der Waals surface area contributed by atoms with Crippen molar-refractivity contribution < 1.29 is 14.3 Å². The molecular formula is C11H12ClFN4O2. The van der Waals surface area contributed by atoms with Crippen LogP contribution in [0.1, 0.15) is 24.2 Å². The Kier molecular flexibility index (Phi) is 3.09. The van der Waals surface area contributed by atoms with Crippen molar-refractivity contribution in [3.63, 3.8) is 0 Å². The van der Waals surface area contributed by atoms with Gasteiger partial charge in [0.1, 0.15) is 35.2 Å². The van der Waals surface area contributed by atoms with Gasteiger partial charge in [-0.05, 0) is 13.8 Å². The molecule has 0 aliphatic carbocycles. The van der Waals surface area contributed by atoms with E-state index in [1.807, 2.05) is 0 Å². The van der Waals surface area contributed by atoms with E-state index in [1.165, 1.54) is 10.9 Å². The molecule has 2 aromatic heterocycles. The third kappa shape index (κ3) is 1.90. The number of carboxylic acids is 1. The Bertz CT molecular complexity index is 668. The van der Waals surface area contributed by atoms with Crippen molar-refractivity contribution in [3.8, 4) is 0 Å². The molecule has 0 unspecified atom stereocenters. The number of nitrogen functional groups attached to an aromatic ring is 1. The van der Waals surface area contributed by atoms with Crippen LogP contribution in [-0.4, -0.2) is 32.3 Å². The SMILES string of the molecule is CC(C)(CF)n1c(Cl)c(C(=O)O)c2c(N)ncnc21. The smallest absolute Gasteiger partial charge is 0.339 e. The van der Waals surface area contributed by atoms with Gasteiger partial charge in [0.2, 0.25) is 0 Å². The van der Waals surface area contributed by atoms with Crippen molar-refractivity contribution >= 4 is 34.4 Å². The number of rotatable bonds is 3. The summed E-state index contributed by atoms with van der Waals surface area (Å²) in [6.07, 6.45) is 1.18. The summed E-state index contributed by atoms with van der Waals surface area (Å²) >= 11 is 6.07. The minimum atomic E-state index is -1.26. The molecule has 0 amide bonds. The number of carboxylic acid groups (broad SMARTS) is 1. The first-order valence-corrected chi connectivity index (χ1v) is 5.79. The summed E-state index contributed by atoms with van der Waals surface area (Å²) in [7, 11) is 0. The number of carbonyl (C=O) groups is 1. The molecule has 0 saturated carbocycles. The predicted molar refractivity (Wildman–Crippen MR) is 69.2 cm³/mol. The van der Waals surface area contributed by atoms with Gasteiger partial charge in [-0.3, -0.25) is 0 Å². The van der Waals surface area contributed by atoms with Crippen LogP contribution in [0.5, 0.6) is 0 Å². The van der Waals surface area contributed by atoms with E-state index < -0.39 is 18.2 Å². The second-order valence-electron chi connectivity index (χ2n) is 4.71. The summed E-state index contributed by atoms with van der Waals surface area (Å²) in [5, 5.41) is 9.25. The van der Waals surface area contributed by atoms with E-state index in [4.69, 9.17) is 17.3 Å². The second-order valence-corrected chi connectivity index (χ2v) is 5.07. The van der Waals surface area contributed by atoms with Crippen LogP contribution < -0.4 is 5.73 Å². The van der Waals surface area contributed by atoms with Gasteiger partial charge in [-0.1, -0.05) is 11.6 Å². The number of nitrogens with two attached hydrogens (primary N) is 1. The number of anilines is 1. The largest absolute Gasteiger partial charge is 0.478 e. The normalized spacial score (nSPS) is 12.0. The lowest BCUT2D eigenvalue weighted by atomic mass is 10.1. The van der Waals surface area contributed by atoms with Crippen molar-refractivity contribution in [1.82, 2.24) is 14.5 Å². The number of fused-ring (bicyclic) bond motifs is 1. The highest BCUT2D eigenvalue weighted by Gasteiger charge is 2.32. The van der Waals surface area contributed by atoms with Crippen LogP contribution in [-0.2, 0) is 5.54 Å². The van der Waals surface area contributed by atoms with Gasteiger partial charge < -0.3 is 15.4 Å². The molecule has 0 aromatic carbocycles. The Labute approximate surface area is 113 Å². The predicted octanol–water partition coefficient (Wildman–Crippen LogP) is 2.07. The van der Waals surface area contributed by atoms with Crippen molar-refractivity contribution in [3.05, 3.63) is 17.0 Å². The minimum Gasteiger partial charge on any atom is -0.478 e. The zero-order valence-electron chi connectivity index (χ0n) is 10.3. The Morgan fingerprint density at radius 2 is 2.21 bits per heavy atom. The van der Waals surface area contributed by atoms with E-state index in [9.17, 15) is 14.3 Å². The van der Waals surface area contributed by atoms with E-state index >= 15 is 0 Å². The van der Waals surface area contributed by atoms with Crippen molar-refractivity contribution in [1.29, 1.82) is 0 Å². The van der Waals surface area contributed by atoms with Crippen LogP contribution >= 0.6 is 11.6 Å². The Morgan fingerprint density at radius 3 is 2.74 bits per heavy atom. The van der Waals surface area contributed by atoms with E-state index in [2.05, 4.69) is 9.97 Å². The Morgan fingerprint density at radius 1 is 1.58 bits per heavy atom. The van der Waals surface area contributed by atoms with E-state index in [0.717, 1.165) is 0 Å².